The molecule has 0 saturated carbocycles. The van der Waals surface area contributed by atoms with Crippen LogP contribution in [0.3, 0.4) is 0 Å². The summed E-state index contributed by atoms with van der Waals surface area (Å²) in [6.45, 7) is 1.86. The van der Waals surface area contributed by atoms with Crippen molar-refractivity contribution in [2.24, 2.45) is 0 Å². The van der Waals surface area contributed by atoms with E-state index in [0.29, 0.717) is 11.3 Å². The number of phenolic OH excluding ortho intramolecular Hbond substituents is 1. The molecule has 2 amide bonds. The van der Waals surface area contributed by atoms with Gasteiger partial charge in [0.25, 0.3) is 11.8 Å². The second-order valence-electron chi connectivity index (χ2n) is 5.68. The molecule has 1 heterocycles. The highest BCUT2D eigenvalue weighted by Crippen LogP contribution is 2.29. The molecule has 1 saturated heterocycles. The lowest BCUT2D eigenvalue weighted by molar-refractivity contribution is -0.122. The van der Waals surface area contributed by atoms with Crippen LogP contribution in [0.2, 0.25) is 0 Å². The summed E-state index contributed by atoms with van der Waals surface area (Å²) < 4.78 is 5.06. The zero-order valence-electron chi connectivity index (χ0n) is 14.1. The summed E-state index contributed by atoms with van der Waals surface area (Å²) in [5, 5.41) is 12.3. The Bertz CT molecular complexity index is 952. The normalized spacial score (nSPS) is 16.0. The summed E-state index contributed by atoms with van der Waals surface area (Å²) in [4.78, 5) is 26.6. The van der Waals surface area contributed by atoms with Crippen molar-refractivity contribution in [2.75, 3.05) is 12.0 Å². The molecule has 1 aliphatic heterocycles. The van der Waals surface area contributed by atoms with E-state index in [1.54, 1.807) is 18.2 Å². The van der Waals surface area contributed by atoms with Gasteiger partial charge < -0.3 is 9.84 Å². The molecule has 1 aliphatic rings. The number of carbonyl (C=O) groups excluding carboxylic acids is 2. The number of aromatic hydroxyl groups is 1. The fourth-order valence-corrected chi connectivity index (χ4v) is 2.92. The summed E-state index contributed by atoms with van der Waals surface area (Å²) >= 11 is 5.19. The van der Waals surface area contributed by atoms with Gasteiger partial charge in [-0.25, -0.2) is 0 Å². The molecule has 3 rings (SSSR count). The van der Waals surface area contributed by atoms with E-state index in [2.05, 4.69) is 5.32 Å². The third-order valence-electron chi connectivity index (χ3n) is 3.97. The zero-order valence-corrected chi connectivity index (χ0v) is 15.0. The van der Waals surface area contributed by atoms with E-state index in [0.717, 1.165) is 5.56 Å². The second kappa shape index (κ2) is 6.97. The Morgan fingerprint density at radius 2 is 1.92 bits per heavy atom. The van der Waals surface area contributed by atoms with Crippen LogP contribution < -0.4 is 15.0 Å². The molecule has 1 fully saturated rings. The second-order valence-corrected chi connectivity index (χ2v) is 6.06. The van der Waals surface area contributed by atoms with Crippen LogP contribution >= 0.6 is 12.2 Å². The minimum Gasteiger partial charge on any atom is -0.504 e. The molecule has 2 aromatic rings. The molecule has 0 atom stereocenters. The number of benzene rings is 2. The van der Waals surface area contributed by atoms with Crippen molar-refractivity contribution in [3.63, 3.8) is 0 Å². The smallest absolute Gasteiger partial charge is 0.270 e. The number of hydrogen-bond acceptors (Lipinski definition) is 5. The zero-order chi connectivity index (χ0) is 18.8. The van der Waals surface area contributed by atoms with Gasteiger partial charge in [-0.15, -0.1) is 0 Å². The number of amides is 2. The van der Waals surface area contributed by atoms with Gasteiger partial charge in [0, 0.05) is 0 Å². The topological polar surface area (TPSA) is 78.9 Å². The molecule has 26 heavy (non-hydrogen) atoms. The fraction of sp³-hybridized carbons (Fsp3) is 0.105. The SMILES string of the molecule is COc1cc(C=C2C(=O)NC(=S)N(c3ccccc3C)C2=O)ccc1O. The van der Waals surface area contributed by atoms with Gasteiger partial charge in [-0.1, -0.05) is 24.3 Å². The number of nitrogens with zero attached hydrogens (tertiary/aromatic N) is 1. The minimum absolute atomic E-state index is 0.0308. The number of thiocarbonyl (C=S) groups is 1. The van der Waals surface area contributed by atoms with Crippen LogP contribution in [0.25, 0.3) is 6.08 Å². The van der Waals surface area contributed by atoms with Gasteiger partial charge in [0.2, 0.25) is 0 Å². The number of ether oxygens (including phenoxy) is 1. The van der Waals surface area contributed by atoms with Crippen molar-refractivity contribution < 1.29 is 19.4 Å². The Morgan fingerprint density at radius 3 is 2.62 bits per heavy atom. The molecule has 0 aromatic heterocycles. The first-order valence-electron chi connectivity index (χ1n) is 7.76. The molecule has 2 N–H and O–H groups in total. The molecule has 132 valence electrons. The average Bonchev–Trinajstić information content (AvgIpc) is 2.61. The highest BCUT2D eigenvalue weighted by atomic mass is 32.1. The van der Waals surface area contributed by atoms with Crippen LogP contribution in [-0.4, -0.2) is 29.1 Å². The summed E-state index contributed by atoms with van der Waals surface area (Å²) in [6, 6.07) is 11.8. The number of anilines is 1. The van der Waals surface area contributed by atoms with Gasteiger partial charge in [-0.05, 0) is 54.5 Å². The van der Waals surface area contributed by atoms with Crippen molar-refractivity contribution >= 4 is 40.9 Å². The van der Waals surface area contributed by atoms with Crippen LogP contribution in [0.1, 0.15) is 11.1 Å². The molecule has 0 spiro atoms. The number of methoxy groups -OCH3 is 1. The van der Waals surface area contributed by atoms with E-state index in [4.69, 9.17) is 17.0 Å². The van der Waals surface area contributed by atoms with Gasteiger partial charge in [0.1, 0.15) is 5.57 Å². The largest absolute Gasteiger partial charge is 0.504 e. The van der Waals surface area contributed by atoms with Crippen molar-refractivity contribution in [2.45, 2.75) is 6.92 Å². The Labute approximate surface area is 155 Å². The van der Waals surface area contributed by atoms with Crippen LogP contribution in [0, 0.1) is 6.92 Å². The predicted molar refractivity (Wildman–Crippen MR) is 102 cm³/mol. The van der Waals surface area contributed by atoms with Gasteiger partial charge in [0.15, 0.2) is 16.6 Å². The Kier molecular flexibility index (Phi) is 4.73. The molecule has 6 nitrogen and oxygen atoms in total. The number of hydrogen-bond donors (Lipinski definition) is 2. The third-order valence-corrected chi connectivity index (χ3v) is 4.26. The van der Waals surface area contributed by atoms with E-state index in [-0.39, 0.29) is 22.2 Å². The van der Waals surface area contributed by atoms with E-state index < -0.39 is 11.8 Å². The first-order valence-corrected chi connectivity index (χ1v) is 8.17. The van der Waals surface area contributed by atoms with Gasteiger partial charge >= 0.3 is 0 Å². The average molecular weight is 368 g/mol. The van der Waals surface area contributed by atoms with E-state index in [1.165, 1.54) is 30.2 Å². The summed E-state index contributed by atoms with van der Waals surface area (Å²) in [5.74, 6) is -0.872. The van der Waals surface area contributed by atoms with Crippen molar-refractivity contribution in [3.8, 4) is 11.5 Å². The summed E-state index contributed by atoms with van der Waals surface area (Å²) in [6.07, 6.45) is 1.44. The van der Waals surface area contributed by atoms with Gasteiger partial charge in [0.05, 0.1) is 12.8 Å². The maximum atomic E-state index is 13.0. The Morgan fingerprint density at radius 1 is 1.19 bits per heavy atom. The molecule has 0 unspecified atom stereocenters. The van der Waals surface area contributed by atoms with E-state index in [1.807, 2.05) is 19.1 Å². The lowest BCUT2D eigenvalue weighted by Crippen LogP contribution is -2.54. The number of carbonyl (C=O) groups is 2. The lowest BCUT2D eigenvalue weighted by atomic mass is 10.1. The fourth-order valence-electron chi connectivity index (χ4n) is 2.64. The molecule has 2 aromatic carbocycles. The van der Waals surface area contributed by atoms with Crippen LogP contribution in [0.15, 0.2) is 48.0 Å². The van der Waals surface area contributed by atoms with Crippen molar-refractivity contribution in [1.82, 2.24) is 5.32 Å². The lowest BCUT2D eigenvalue weighted by Gasteiger charge is -2.30. The van der Waals surface area contributed by atoms with Gasteiger partial charge in [-0.2, -0.15) is 0 Å². The van der Waals surface area contributed by atoms with Crippen LogP contribution in [0.4, 0.5) is 5.69 Å². The Balaban J connectivity index is 2.04. The quantitative estimate of drug-likeness (QED) is 0.495. The minimum atomic E-state index is -0.572. The first-order chi connectivity index (χ1) is 12.4. The van der Waals surface area contributed by atoms with Gasteiger partial charge in [-0.3, -0.25) is 19.8 Å². The maximum absolute atomic E-state index is 13.0. The number of aryl methyl sites for hydroxylation is 1. The van der Waals surface area contributed by atoms with Crippen molar-refractivity contribution in [3.05, 3.63) is 59.2 Å². The molecule has 0 aliphatic carbocycles. The molecule has 0 bridgehead atoms. The number of para-hydroxylation sites is 1. The van der Waals surface area contributed by atoms with E-state index >= 15 is 0 Å². The molecule has 7 heteroatoms. The van der Waals surface area contributed by atoms with Crippen LogP contribution in [-0.2, 0) is 9.59 Å². The summed E-state index contributed by atoms with van der Waals surface area (Å²) in [7, 11) is 1.42. The number of phenols is 1. The molecule has 0 radical (unpaired) electrons. The van der Waals surface area contributed by atoms with Crippen molar-refractivity contribution in [1.29, 1.82) is 0 Å². The Hall–Kier alpha value is -3.19. The first kappa shape index (κ1) is 17.6. The van der Waals surface area contributed by atoms with E-state index in [9.17, 15) is 14.7 Å². The highest BCUT2D eigenvalue weighted by Gasteiger charge is 2.35. The summed E-state index contributed by atoms with van der Waals surface area (Å²) in [5.41, 5.74) is 1.94. The molecular formula is C19H16N2O4S. The van der Waals surface area contributed by atoms with Crippen LogP contribution in [0.5, 0.6) is 11.5 Å². The standard InChI is InChI=1S/C19H16N2O4S/c1-11-5-3-4-6-14(11)21-18(24)13(17(23)20-19(21)26)9-12-7-8-15(22)16(10-12)25-2/h3-10,22H,1-2H3,(H,20,23,26). The predicted octanol–water partition coefficient (Wildman–Crippen LogP) is 2.54. The maximum Gasteiger partial charge on any atom is 0.270 e. The monoisotopic (exact) mass is 368 g/mol. The number of rotatable bonds is 3. The highest BCUT2D eigenvalue weighted by molar-refractivity contribution is 7.80. The number of nitrogens with one attached hydrogen (secondary N) is 1. The molecular weight excluding hydrogens is 352 g/mol. The third kappa shape index (κ3) is 3.16.